The van der Waals surface area contributed by atoms with Gasteiger partial charge >= 0.3 is 0 Å². The highest BCUT2D eigenvalue weighted by Crippen LogP contribution is 2.65. The molecule has 2 bridgehead atoms. The molecule has 1 aliphatic heterocycles. The number of hydrogen-bond donors (Lipinski definition) is 1. The van der Waals surface area contributed by atoms with Gasteiger partial charge in [-0.25, -0.2) is 0 Å². The summed E-state index contributed by atoms with van der Waals surface area (Å²) >= 11 is 0. The van der Waals surface area contributed by atoms with Gasteiger partial charge in [0.15, 0.2) is 0 Å². The number of rotatable bonds is 4. The Labute approximate surface area is 118 Å². The van der Waals surface area contributed by atoms with Crippen molar-refractivity contribution in [3.8, 4) is 0 Å². The number of likely N-dealkylation sites (tertiary alicyclic amines) is 1. The van der Waals surface area contributed by atoms with Gasteiger partial charge in [-0.05, 0) is 81.7 Å². The van der Waals surface area contributed by atoms with Crippen LogP contribution in [0, 0.1) is 29.6 Å². The van der Waals surface area contributed by atoms with Gasteiger partial charge in [-0.15, -0.1) is 0 Å². The van der Waals surface area contributed by atoms with Crippen LogP contribution in [0.3, 0.4) is 0 Å². The summed E-state index contributed by atoms with van der Waals surface area (Å²) in [4.78, 5) is 2.64. The van der Waals surface area contributed by atoms with Crippen molar-refractivity contribution in [2.45, 2.75) is 58.0 Å². The van der Waals surface area contributed by atoms with E-state index in [4.69, 9.17) is 0 Å². The Balaban J connectivity index is 1.32. The van der Waals surface area contributed by atoms with Crippen LogP contribution in [0.2, 0.25) is 0 Å². The van der Waals surface area contributed by atoms with Gasteiger partial charge in [0.05, 0.1) is 0 Å². The molecule has 1 saturated heterocycles. The van der Waals surface area contributed by atoms with Crippen LogP contribution in [0.25, 0.3) is 0 Å². The summed E-state index contributed by atoms with van der Waals surface area (Å²) in [6.45, 7) is 8.67. The van der Waals surface area contributed by atoms with Gasteiger partial charge in [0.25, 0.3) is 0 Å². The maximum Gasteiger partial charge on any atom is 0.0138 e. The first-order chi connectivity index (χ1) is 9.28. The van der Waals surface area contributed by atoms with Gasteiger partial charge in [-0.3, -0.25) is 0 Å². The summed E-state index contributed by atoms with van der Waals surface area (Å²) in [5, 5.41) is 4.04. The summed E-state index contributed by atoms with van der Waals surface area (Å²) in [7, 11) is 0. The molecular weight excluding hydrogens is 232 g/mol. The van der Waals surface area contributed by atoms with E-state index in [-0.39, 0.29) is 0 Å². The fourth-order valence-corrected chi connectivity index (χ4v) is 5.77. The molecule has 0 aromatic rings. The van der Waals surface area contributed by atoms with Crippen molar-refractivity contribution < 1.29 is 0 Å². The third-order valence-electron chi connectivity index (χ3n) is 6.89. The highest BCUT2D eigenvalue weighted by molar-refractivity contribution is 5.17. The Morgan fingerprint density at radius 3 is 2.58 bits per heavy atom. The van der Waals surface area contributed by atoms with E-state index in [0.29, 0.717) is 0 Å². The first-order valence-electron chi connectivity index (χ1n) is 8.76. The van der Waals surface area contributed by atoms with Gasteiger partial charge in [0, 0.05) is 18.6 Å². The van der Waals surface area contributed by atoms with Gasteiger partial charge in [-0.2, -0.15) is 0 Å². The molecule has 0 aromatic heterocycles. The molecule has 3 saturated carbocycles. The lowest BCUT2D eigenvalue weighted by Gasteiger charge is -2.36. The molecule has 1 N–H and O–H groups in total. The highest BCUT2D eigenvalue weighted by Gasteiger charge is 2.64. The quantitative estimate of drug-likeness (QED) is 0.838. The number of piperidine rings is 1. The smallest absolute Gasteiger partial charge is 0.0138 e. The third kappa shape index (κ3) is 2.06. The second-order valence-electron chi connectivity index (χ2n) is 7.76. The predicted octanol–water partition coefficient (Wildman–Crippen LogP) is 2.74. The van der Waals surface area contributed by atoms with E-state index < -0.39 is 0 Å². The van der Waals surface area contributed by atoms with Crippen molar-refractivity contribution in [1.29, 1.82) is 0 Å². The SMILES string of the molecule is CCN1CCCC(C(C)NC2C3C4CCC(C4)C23)C1. The molecule has 108 valence electrons. The van der Waals surface area contributed by atoms with Crippen molar-refractivity contribution in [3.63, 3.8) is 0 Å². The second kappa shape index (κ2) is 4.73. The first-order valence-corrected chi connectivity index (χ1v) is 8.76. The zero-order valence-electron chi connectivity index (χ0n) is 12.6. The third-order valence-corrected chi connectivity index (χ3v) is 6.89. The minimum absolute atomic E-state index is 0.740. The summed E-state index contributed by atoms with van der Waals surface area (Å²) in [5.41, 5.74) is 0. The predicted molar refractivity (Wildman–Crippen MR) is 79.0 cm³/mol. The van der Waals surface area contributed by atoms with Gasteiger partial charge in [0.1, 0.15) is 0 Å². The molecule has 0 radical (unpaired) electrons. The number of nitrogens with zero attached hydrogens (tertiary/aromatic N) is 1. The molecule has 3 aliphatic carbocycles. The van der Waals surface area contributed by atoms with Crippen molar-refractivity contribution in [3.05, 3.63) is 0 Å². The molecule has 4 aliphatic rings. The van der Waals surface area contributed by atoms with E-state index in [0.717, 1.165) is 41.7 Å². The average molecular weight is 262 g/mol. The Hall–Kier alpha value is -0.0800. The van der Waals surface area contributed by atoms with Gasteiger partial charge in [-0.1, -0.05) is 6.92 Å². The van der Waals surface area contributed by atoms with Crippen molar-refractivity contribution in [2.75, 3.05) is 19.6 Å². The van der Waals surface area contributed by atoms with E-state index in [1.54, 1.807) is 19.3 Å². The first kappa shape index (κ1) is 12.6. The summed E-state index contributed by atoms with van der Waals surface area (Å²) in [5.74, 6) is 5.29. The van der Waals surface area contributed by atoms with Crippen LogP contribution in [-0.4, -0.2) is 36.6 Å². The molecule has 6 unspecified atom stereocenters. The molecule has 0 amide bonds. The normalized spacial score (nSPS) is 50.2. The molecule has 2 nitrogen and oxygen atoms in total. The van der Waals surface area contributed by atoms with Crippen molar-refractivity contribution >= 4 is 0 Å². The largest absolute Gasteiger partial charge is 0.311 e. The van der Waals surface area contributed by atoms with E-state index in [2.05, 4.69) is 24.1 Å². The molecule has 6 atom stereocenters. The van der Waals surface area contributed by atoms with Crippen LogP contribution in [-0.2, 0) is 0 Å². The molecule has 0 spiro atoms. The second-order valence-corrected chi connectivity index (χ2v) is 7.76. The maximum absolute atomic E-state index is 4.04. The van der Waals surface area contributed by atoms with Crippen LogP contribution >= 0.6 is 0 Å². The number of nitrogens with one attached hydrogen (secondary N) is 1. The van der Waals surface area contributed by atoms with E-state index >= 15 is 0 Å². The minimum Gasteiger partial charge on any atom is -0.311 e. The Kier molecular flexibility index (Phi) is 3.15. The fraction of sp³-hybridized carbons (Fsp3) is 1.00. The monoisotopic (exact) mass is 262 g/mol. The zero-order valence-corrected chi connectivity index (χ0v) is 12.6. The molecule has 4 rings (SSSR count). The van der Waals surface area contributed by atoms with Crippen LogP contribution < -0.4 is 5.32 Å². The molecule has 0 aromatic carbocycles. The highest BCUT2D eigenvalue weighted by atomic mass is 15.1. The van der Waals surface area contributed by atoms with E-state index in [1.807, 2.05) is 0 Å². The summed E-state index contributed by atoms with van der Waals surface area (Å²) in [6.07, 6.45) is 7.53. The Morgan fingerprint density at radius 1 is 1.16 bits per heavy atom. The number of fused-ring (bicyclic) bond motifs is 5. The molecule has 1 heterocycles. The molecule has 4 fully saturated rings. The van der Waals surface area contributed by atoms with Crippen LogP contribution in [0.15, 0.2) is 0 Å². The van der Waals surface area contributed by atoms with Crippen LogP contribution in [0.4, 0.5) is 0 Å². The van der Waals surface area contributed by atoms with Crippen LogP contribution in [0.1, 0.15) is 46.0 Å². The Bertz CT molecular complexity index is 326. The molecule has 2 heteroatoms. The van der Waals surface area contributed by atoms with Crippen molar-refractivity contribution in [2.24, 2.45) is 29.6 Å². The lowest BCUT2D eigenvalue weighted by molar-refractivity contribution is 0.154. The Morgan fingerprint density at radius 2 is 1.89 bits per heavy atom. The lowest BCUT2D eigenvalue weighted by Crippen LogP contribution is -2.45. The fourth-order valence-electron chi connectivity index (χ4n) is 5.77. The average Bonchev–Trinajstić information content (AvgIpc) is 2.85. The molecule has 19 heavy (non-hydrogen) atoms. The summed E-state index contributed by atoms with van der Waals surface area (Å²) in [6, 6.07) is 1.66. The van der Waals surface area contributed by atoms with E-state index in [9.17, 15) is 0 Å². The van der Waals surface area contributed by atoms with E-state index in [1.165, 1.54) is 32.5 Å². The lowest BCUT2D eigenvalue weighted by atomic mass is 9.91. The molecular formula is C17H30N2. The van der Waals surface area contributed by atoms with Gasteiger partial charge in [0.2, 0.25) is 0 Å². The summed E-state index contributed by atoms with van der Waals surface area (Å²) < 4.78 is 0. The minimum atomic E-state index is 0.740. The number of hydrogen-bond acceptors (Lipinski definition) is 2. The standard InChI is InChI=1S/C17H30N2/c1-3-19-8-4-5-14(10-19)11(2)18-17-15-12-6-7-13(9-12)16(15)17/h11-18H,3-10H2,1-2H3. The maximum atomic E-state index is 4.04. The van der Waals surface area contributed by atoms with Crippen molar-refractivity contribution in [1.82, 2.24) is 10.2 Å². The van der Waals surface area contributed by atoms with Gasteiger partial charge < -0.3 is 10.2 Å². The van der Waals surface area contributed by atoms with Crippen LogP contribution in [0.5, 0.6) is 0 Å². The topological polar surface area (TPSA) is 15.3 Å². The zero-order chi connectivity index (χ0) is 13.0.